The fourth-order valence-electron chi connectivity index (χ4n) is 6.60. The number of nitrogens with one attached hydrogen (secondary N) is 1. The number of benzene rings is 1. The Morgan fingerprint density at radius 3 is 2.74 bits per heavy atom. The second kappa shape index (κ2) is 7.79. The molecule has 1 aromatic rings. The third-order valence-corrected chi connectivity index (χ3v) is 7.57. The summed E-state index contributed by atoms with van der Waals surface area (Å²) in [6.45, 7) is 7.73. The molecule has 1 aliphatic carbocycles. The van der Waals surface area contributed by atoms with E-state index in [1.807, 2.05) is 0 Å². The van der Waals surface area contributed by atoms with Crippen molar-refractivity contribution in [2.45, 2.75) is 83.7 Å². The van der Waals surface area contributed by atoms with Gasteiger partial charge in [-0.05, 0) is 73.1 Å². The van der Waals surface area contributed by atoms with E-state index in [4.69, 9.17) is 4.74 Å². The Kier molecular flexibility index (Phi) is 5.55. The first-order valence-electron chi connectivity index (χ1n) is 11.5. The number of ether oxygens (including phenoxy) is 1. The molecule has 0 radical (unpaired) electrons. The lowest BCUT2D eigenvalue weighted by Crippen LogP contribution is -2.45. The average molecular weight is 431 g/mol. The van der Waals surface area contributed by atoms with E-state index in [0.29, 0.717) is 49.5 Å². The molecule has 0 aromatic heterocycles. The number of hydrogen-bond donors (Lipinski definition) is 1. The van der Waals surface area contributed by atoms with E-state index in [-0.39, 0.29) is 28.5 Å². The highest BCUT2D eigenvalue weighted by Gasteiger charge is 2.51. The highest BCUT2D eigenvalue weighted by Crippen LogP contribution is 2.52. The maximum Gasteiger partial charge on any atom is 0.222 e. The monoisotopic (exact) mass is 430 g/mol. The van der Waals surface area contributed by atoms with Crippen LogP contribution in [-0.4, -0.2) is 41.9 Å². The number of carbonyl (C=O) groups is 2. The van der Waals surface area contributed by atoms with Crippen LogP contribution in [0, 0.1) is 16.6 Å². The van der Waals surface area contributed by atoms with Gasteiger partial charge in [-0.15, -0.1) is 0 Å². The zero-order valence-electron chi connectivity index (χ0n) is 19.2. The van der Waals surface area contributed by atoms with Crippen LogP contribution in [0.4, 0.5) is 4.39 Å². The molecule has 6 heteroatoms. The number of hydrogen-bond acceptors (Lipinski definition) is 3. The van der Waals surface area contributed by atoms with Crippen LogP contribution in [0.25, 0.3) is 0 Å². The Morgan fingerprint density at radius 2 is 2.06 bits per heavy atom. The molecule has 0 spiro atoms. The Balaban J connectivity index is 1.47. The van der Waals surface area contributed by atoms with Gasteiger partial charge in [0.25, 0.3) is 0 Å². The molecule has 31 heavy (non-hydrogen) atoms. The summed E-state index contributed by atoms with van der Waals surface area (Å²) in [6, 6.07) is 4.99. The Morgan fingerprint density at radius 1 is 1.29 bits per heavy atom. The van der Waals surface area contributed by atoms with Gasteiger partial charge in [0.05, 0.1) is 7.11 Å². The Hall–Kier alpha value is -2.11. The van der Waals surface area contributed by atoms with Gasteiger partial charge in [-0.2, -0.15) is 0 Å². The first-order chi connectivity index (χ1) is 14.5. The topological polar surface area (TPSA) is 58.6 Å². The summed E-state index contributed by atoms with van der Waals surface area (Å²) in [6.07, 6.45) is 5.57. The number of likely N-dealkylation sites (tertiary alicyclic amines) is 1. The number of halogens is 1. The van der Waals surface area contributed by atoms with Crippen LogP contribution in [0.5, 0.6) is 5.75 Å². The summed E-state index contributed by atoms with van der Waals surface area (Å²) in [4.78, 5) is 27.4. The number of fused-ring (bicyclic) bond motifs is 2. The first-order valence-corrected chi connectivity index (χ1v) is 11.5. The lowest BCUT2D eigenvalue weighted by Gasteiger charge is -2.39. The third-order valence-electron chi connectivity index (χ3n) is 7.57. The minimum absolute atomic E-state index is 0.0259. The molecule has 5 nitrogen and oxygen atoms in total. The van der Waals surface area contributed by atoms with Gasteiger partial charge in [0, 0.05) is 31.0 Å². The second-order valence-corrected chi connectivity index (χ2v) is 11.2. The molecule has 1 aromatic carbocycles. The van der Waals surface area contributed by atoms with Crippen molar-refractivity contribution in [3.8, 4) is 5.75 Å². The first kappa shape index (κ1) is 22.1. The SMILES string of the molecule is COc1ccc(F)c(C[C@@]2(CCC(=O)N3C[C@@]4(C)C[C@H]3CC(C)(C)C4)CCC(=O)N2)c1. The second-order valence-electron chi connectivity index (χ2n) is 11.2. The predicted molar refractivity (Wildman–Crippen MR) is 117 cm³/mol. The minimum Gasteiger partial charge on any atom is -0.497 e. The van der Waals surface area contributed by atoms with Gasteiger partial charge in [-0.1, -0.05) is 20.8 Å². The molecule has 170 valence electrons. The van der Waals surface area contributed by atoms with Gasteiger partial charge < -0.3 is 15.0 Å². The number of nitrogens with zero attached hydrogens (tertiary/aromatic N) is 1. The summed E-state index contributed by atoms with van der Waals surface area (Å²) >= 11 is 0. The zero-order chi connectivity index (χ0) is 22.4. The quantitative estimate of drug-likeness (QED) is 0.735. The van der Waals surface area contributed by atoms with E-state index < -0.39 is 5.54 Å². The van der Waals surface area contributed by atoms with E-state index in [1.165, 1.54) is 6.07 Å². The largest absolute Gasteiger partial charge is 0.497 e. The molecule has 0 unspecified atom stereocenters. The lowest BCUT2D eigenvalue weighted by molar-refractivity contribution is -0.133. The molecule has 3 fully saturated rings. The molecule has 2 saturated heterocycles. The van der Waals surface area contributed by atoms with Crippen molar-refractivity contribution in [2.75, 3.05) is 13.7 Å². The maximum atomic E-state index is 14.5. The van der Waals surface area contributed by atoms with Crippen LogP contribution in [0.15, 0.2) is 18.2 Å². The third kappa shape index (κ3) is 4.58. The van der Waals surface area contributed by atoms with Crippen molar-refractivity contribution < 1.29 is 18.7 Å². The van der Waals surface area contributed by atoms with Crippen molar-refractivity contribution in [1.29, 1.82) is 0 Å². The molecule has 3 atom stereocenters. The molecule has 2 heterocycles. The van der Waals surface area contributed by atoms with Crippen LogP contribution in [0.3, 0.4) is 0 Å². The number of rotatable bonds is 6. The fraction of sp³-hybridized carbons (Fsp3) is 0.680. The molecule has 4 rings (SSSR count). The van der Waals surface area contributed by atoms with E-state index in [0.717, 1.165) is 25.8 Å². The summed E-state index contributed by atoms with van der Waals surface area (Å²) in [5.74, 6) is 0.420. The van der Waals surface area contributed by atoms with Crippen LogP contribution in [0.2, 0.25) is 0 Å². The number of amides is 2. The van der Waals surface area contributed by atoms with Gasteiger partial charge in [0.15, 0.2) is 0 Å². The summed E-state index contributed by atoms with van der Waals surface area (Å²) in [7, 11) is 1.55. The molecular formula is C25H35FN2O3. The smallest absolute Gasteiger partial charge is 0.222 e. The summed E-state index contributed by atoms with van der Waals surface area (Å²) < 4.78 is 19.7. The Bertz CT molecular complexity index is 886. The molecule has 2 bridgehead atoms. The van der Waals surface area contributed by atoms with Crippen LogP contribution in [0.1, 0.15) is 71.3 Å². The lowest BCUT2D eigenvalue weighted by atomic mass is 9.65. The summed E-state index contributed by atoms with van der Waals surface area (Å²) in [5, 5.41) is 3.08. The highest BCUT2D eigenvalue weighted by atomic mass is 19.1. The van der Waals surface area contributed by atoms with E-state index in [2.05, 4.69) is 31.0 Å². The zero-order valence-corrected chi connectivity index (χ0v) is 19.2. The molecule has 2 aliphatic heterocycles. The minimum atomic E-state index is -0.585. The van der Waals surface area contributed by atoms with Crippen LogP contribution in [-0.2, 0) is 16.0 Å². The fourth-order valence-corrected chi connectivity index (χ4v) is 6.60. The molecular weight excluding hydrogens is 395 g/mol. The normalized spacial score (nSPS) is 31.6. The predicted octanol–water partition coefficient (Wildman–Crippen LogP) is 4.23. The number of carbonyl (C=O) groups excluding carboxylic acids is 2. The van der Waals surface area contributed by atoms with Crippen LogP contribution >= 0.6 is 0 Å². The van der Waals surface area contributed by atoms with Gasteiger partial charge in [0.1, 0.15) is 11.6 Å². The maximum absolute atomic E-state index is 14.5. The van der Waals surface area contributed by atoms with Gasteiger partial charge in [0.2, 0.25) is 11.8 Å². The van der Waals surface area contributed by atoms with Gasteiger partial charge in [-0.3, -0.25) is 9.59 Å². The molecule has 2 amide bonds. The molecule has 1 N–H and O–H groups in total. The standard InChI is InChI=1S/C25H35FN2O3/c1-23(2)13-18-14-24(3,15-23)16-28(18)22(30)8-10-25(9-7-21(29)27-25)12-17-11-19(31-4)5-6-20(17)26/h5-6,11,18H,7-10,12-16H2,1-4H3,(H,27,29)/t18-,24+,25+/m1/s1. The number of methoxy groups -OCH3 is 1. The van der Waals surface area contributed by atoms with Crippen molar-refractivity contribution >= 4 is 11.8 Å². The average Bonchev–Trinajstić information content (AvgIpc) is 3.17. The van der Waals surface area contributed by atoms with Crippen molar-refractivity contribution in [1.82, 2.24) is 10.2 Å². The van der Waals surface area contributed by atoms with Crippen molar-refractivity contribution in [3.05, 3.63) is 29.6 Å². The van der Waals surface area contributed by atoms with Crippen molar-refractivity contribution in [3.63, 3.8) is 0 Å². The molecule has 3 aliphatic rings. The Labute approximate surface area is 184 Å². The summed E-state index contributed by atoms with van der Waals surface area (Å²) in [5.41, 5.74) is 0.389. The van der Waals surface area contributed by atoms with Crippen LogP contribution < -0.4 is 10.1 Å². The molecule has 1 saturated carbocycles. The van der Waals surface area contributed by atoms with Gasteiger partial charge >= 0.3 is 0 Å². The van der Waals surface area contributed by atoms with Crippen molar-refractivity contribution in [2.24, 2.45) is 10.8 Å². The van der Waals surface area contributed by atoms with E-state index in [1.54, 1.807) is 19.2 Å². The van der Waals surface area contributed by atoms with Gasteiger partial charge in [-0.25, -0.2) is 4.39 Å². The highest BCUT2D eigenvalue weighted by molar-refractivity contribution is 5.80. The van der Waals surface area contributed by atoms with E-state index >= 15 is 0 Å². The van der Waals surface area contributed by atoms with E-state index in [9.17, 15) is 14.0 Å².